The lowest BCUT2D eigenvalue weighted by Gasteiger charge is -2.06. The van der Waals surface area contributed by atoms with E-state index in [-0.39, 0.29) is 10.6 Å². The van der Waals surface area contributed by atoms with Crippen LogP contribution in [0, 0.1) is 10.1 Å². The smallest absolute Gasteiger partial charge is 0.258 e. The van der Waals surface area contributed by atoms with Crippen molar-refractivity contribution in [1.29, 1.82) is 0 Å². The highest BCUT2D eigenvalue weighted by Gasteiger charge is 2.07. The summed E-state index contributed by atoms with van der Waals surface area (Å²) in [4.78, 5) is 9.96. The van der Waals surface area contributed by atoms with Gasteiger partial charge in [-0.25, -0.2) is 0 Å². The van der Waals surface area contributed by atoms with Crippen molar-refractivity contribution in [1.82, 2.24) is 0 Å². The second-order valence-electron chi connectivity index (χ2n) is 2.90. The number of hydrogen-bond donors (Lipinski definition) is 0. The van der Waals surface area contributed by atoms with E-state index in [1.54, 1.807) is 12.1 Å². The Labute approximate surface area is 85.0 Å². The summed E-state index contributed by atoms with van der Waals surface area (Å²) in [5, 5.41) is 11.2. The van der Waals surface area contributed by atoms with Crippen molar-refractivity contribution in [3.63, 3.8) is 0 Å². The van der Waals surface area contributed by atoms with Crippen molar-refractivity contribution in [3.8, 4) is 0 Å². The zero-order chi connectivity index (χ0) is 9.84. The number of hydrogen-bond acceptors (Lipinski definition) is 2. The summed E-state index contributed by atoms with van der Waals surface area (Å²) in [6.45, 7) is 2.07. The molecule has 1 aromatic carbocycles. The number of nitro groups is 1. The first-order valence-electron chi connectivity index (χ1n) is 3.95. The van der Waals surface area contributed by atoms with Crippen molar-refractivity contribution < 1.29 is 4.92 Å². The highest BCUT2D eigenvalue weighted by atomic mass is 79.9. The molecule has 0 N–H and O–H groups in total. The molecule has 0 amide bonds. The van der Waals surface area contributed by atoms with Crippen LogP contribution in [0.4, 0.5) is 5.69 Å². The quantitative estimate of drug-likeness (QED) is 0.465. The van der Waals surface area contributed by atoms with Crippen LogP contribution in [0.2, 0.25) is 0 Å². The van der Waals surface area contributed by atoms with Gasteiger partial charge in [-0.2, -0.15) is 0 Å². The Balaban J connectivity index is 2.87. The molecule has 70 valence electrons. The molecule has 0 saturated carbocycles. The number of benzene rings is 1. The third kappa shape index (κ3) is 2.52. The molecule has 1 rings (SSSR count). The summed E-state index contributed by atoms with van der Waals surface area (Å²) in [6.07, 6.45) is 0. The molecule has 3 nitrogen and oxygen atoms in total. The van der Waals surface area contributed by atoms with E-state index in [9.17, 15) is 10.1 Å². The van der Waals surface area contributed by atoms with Gasteiger partial charge in [0.1, 0.15) is 0 Å². The normalized spacial score (nSPS) is 12.5. The zero-order valence-electron chi connectivity index (χ0n) is 7.24. The fourth-order valence-corrected chi connectivity index (χ4v) is 1.39. The molecular formula is C9H10BrNO2. The van der Waals surface area contributed by atoms with E-state index in [0.29, 0.717) is 5.92 Å². The highest BCUT2D eigenvalue weighted by molar-refractivity contribution is 9.09. The third-order valence-corrected chi connectivity index (χ3v) is 2.88. The van der Waals surface area contributed by atoms with Gasteiger partial charge in [0.15, 0.2) is 0 Å². The van der Waals surface area contributed by atoms with Gasteiger partial charge in [-0.1, -0.05) is 35.0 Å². The van der Waals surface area contributed by atoms with Gasteiger partial charge in [-0.05, 0) is 11.5 Å². The Morgan fingerprint density at radius 2 is 2.00 bits per heavy atom. The van der Waals surface area contributed by atoms with Gasteiger partial charge in [0.2, 0.25) is 0 Å². The van der Waals surface area contributed by atoms with E-state index in [4.69, 9.17) is 0 Å². The molecule has 0 aromatic heterocycles. The minimum atomic E-state index is -0.386. The lowest BCUT2D eigenvalue weighted by Crippen LogP contribution is -1.94. The Morgan fingerprint density at radius 3 is 2.38 bits per heavy atom. The maximum Gasteiger partial charge on any atom is 0.269 e. The average molecular weight is 244 g/mol. The monoisotopic (exact) mass is 243 g/mol. The molecule has 1 atom stereocenters. The topological polar surface area (TPSA) is 43.1 Å². The standard InChI is InChI=1S/C9H10BrNO2/c1-7(6-10)8-2-4-9(5-3-8)11(12)13/h2-5,7H,6H2,1H3/t7-/m0/s1. The van der Waals surface area contributed by atoms with Gasteiger partial charge < -0.3 is 0 Å². The molecule has 0 aliphatic heterocycles. The highest BCUT2D eigenvalue weighted by Crippen LogP contribution is 2.20. The maximum absolute atomic E-state index is 10.3. The van der Waals surface area contributed by atoms with Crippen molar-refractivity contribution in [2.75, 3.05) is 5.33 Å². The van der Waals surface area contributed by atoms with Crippen LogP contribution in [0.1, 0.15) is 18.4 Å². The Hall–Kier alpha value is -0.900. The molecule has 0 saturated heterocycles. The molecule has 0 fully saturated rings. The van der Waals surface area contributed by atoms with Crippen molar-refractivity contribution in [2.45, 2.75) is 12.8 Å². The van der Waals surface area contributed by atoms with E-state index in [2.05, 4.69) is 22.9 Å². The van der Waals surface area contributed by atoms with E-state index < -0.39 is 0 Å². The molecule has 0 heterocycles. The van der Waals surface area contributed by atoms with E-state index in [1.165, 1.54) is 12.1 Å². The van der Waals surface area contributed by atoms with Gasteiger partial charge in [0.25, 0.3) is 5.69 Å². The van der Waals surface area contributed by atoms with Crippen LogP contribution < -0.4 is 0 Å². The Kier molecular flexibility index (Phi) is 3.42. The van der Waals surface area contributed by atoms with Crippen LogP contribution in [-0.4, -0.2) is 10.3 Å². The predicted octanol–water partition coefficient (Wildman–Crippen LogP) is 3.09. The summed E-state index contributed by atoms with van der Waals surface area (Å²) in [6, 6.07) is 6.66. The van der Waals surface area contributed by atoms with E-state index in [1.807, 2.05) is 0 Å². The van der Waals surface area contributed by atoms with Gasteiger partial charge in [0.05, 0.1) is 4.92 Å². The van der Waals surface area contributed by atoms with E-state index >= 15 is 0 Å². The first-order chi connectivity index (χ1) is 6.15. The zero-order valence-corrected chi connectivity index (χ0v) is 8.82. The lowest BCUT2D eigenvalue weighted by atomic mass is 10.0. The number of rotatable bonds is 3. The predicted molar refractivity (Wildman–Crippen MR) is 55.3 cm³/mol. The first-order valence-corrected chi connectivity index (χ1v) is 5.07. The lowest BCUT2D eigenvalue weighted by molar-refractivity contribution is -0.384. The summed E-state index contributed by atoms with van der Waals surface area (Å²) >= 11 is 3.37. The SMILES string of the molecule is C[C@@H](CBr)c1ccc([N+](=O)[O-])cc1. The molecule has 1 aromatic rings. The fourth-order valence-electron chi connectivity index (χ4n) is 1.01. The molecule has 0 spiro atoms. The Morgan fingerprint density at radius 1 is 1.46 bits per heavy atom. The van der Waals surface area contributed by atoms with Gasteiger partial charge in [-0.3, -0.25) is 10.1 Å². The summed E-state index contributed by atoms with van der Waals surface area (Å²) in [5.74, 6) is 0.390. The summed E-state index contributed by atoms with van der Waals surface area (Å²) < 4.78 is 0. The molecule has 0 unspecified atom stereocenters. The maximum atomic E-state index is 10.3. The second kappa shape index (κ2) is 4.37. The third-order valence-electron chi connectivity index (χ3n) is 1.90. The van der Waals surface area contributed by atoms with Crippen molar-refractivity contribution in [2.24, 2.45) is 0 Å². The van der Waals surface area contributed by atoms with Gasteiger partial charge in [-0.15, -0.1) is 0 Å². The van der Waals surface area contributed by atoms with E-state index in [0.717, 1.165) is 10.9 Å². The van der Waals surface area contributed by atoms with Crippen molar-refractivity contribution in [3.05, 3.63) is 39.9 Å². The molecule has 0 aliphatic carbocycles. The van der Waals surface area contributed by atoms with Crippen LogP contribution in [0.3, 0.4) is 0 Å². The van der Waals surface area contributed by atoms with Crippen LogP contribution in [-0.2, 0) is 0 Å². The number of nitrogens with zero attached hydrogens (tertiary/aromatic N) is 1. The van der Waals surface area contributed by atoms with Crippen LogP contribution in [0.15, 0.2) is 24.3 Å². The molecule has 13 heavy (non-hydrogen) atoms. The average Bonchev–Trinajstić information content (AvgIpc) is 2.17. The molecule has 0 aliphatic rings. The number of nitro benzene ring substituents is 1. The minimum Gasteiger partial charge on any atom is -0.258 e. The molecule has 4 heteroatoms. The van der Waals surface area contributed by atoms with Crippen LogP contribution in [0.5, 0.6) is 0 Å². The molecular weight excluding hydrogens is 234 g/mol. The second-order valence-corrected chi connectivity index (χ2v) is 3.55. The number of non-ortho nitro benzene ring substituents is 1. The molecule has 0 radical (unpaired) electrons. The fraction of sp³-hybridized carbons (Fsp3) is 0.333. The Bertz CT molecular complexity index is 297. The number of halogens is 1. The summed E-state index contributed by atoms with van der Waals surface area (Å²) in [7, 11) is 0. The largest absolute Gasteiger partial charge is 0.269 e. The summed E-state index contributed by atoms with van der Waals surface area (Å²) in [5.41, 5.74) is 1.26. The van der Waals surface area contributed by atoms with Crippen LogP contribution >= 0.6 is 15.9 Å². The van der Waals surface area contributed by atoms with Gasteiger partial charge in [0, 0.05) is 17.5 Å². The van der Waals surface area contributed by atoms with Crippen molar-refractivity contribution >= 4 is 21.6 Å². The van der Waals surface area contributed by atoms with Gasteiger partial charge >= 0.3 is 0 Å². The molecule has 0 bridgehead atoms. The van der Waals surface area contributed by atoms with Crippen LogP contribution in [0.25, 0.3) is 0 Å². The number of alkyl halides is 1. The first kappa shape index (κ1) is 10.2. The minimum absolute atomic E-state index is 0.144.